The summed E-state index contributed by atoms with van der Waals surface area (Å²) < 4.78 is 0. The number of aromatic amines is 1. The first-order valence-electron chi connectivity index (χ1n) is 14.6. The van der Waals surface area contributed by atoms with Crippen LogP contribution in [0.3, 0.4) is 0 Å². The summed E-state index contributed by atoms with van der Waals surface area (Å²) in [6.45, 7) is 7.02. The molecule has 218 valence electrons. The number of aromatic nitrogens is 2. The van der Waals surface area contributed by atoms with E-state index in [1.54, 1.807) is 18.5 Å². The Morgan fingerprint density at radius 3 is 2.56 bits per heavy atom. The first-order valence-corrected chi connectivity index (χ1v) is 14.6. The zero-order valence-electron chi connectivity index (χ0n) is 24.5. The van der Waals surface area contributed by atoms with Crippen LogP contribution >= 0.6 is 0 Å². The molecule has 1 aliphatic heterocycles. The van der Waals surface area contributed by atoms with Gasteiger partial charge in [0.25, 0.3) is 5.91 Å². The second kappa shape index (κ2) is 12.6. The quantitative estimate of drug-likeness (QED) is 0.208. The Morgan fingerprint density at radius 2 is 1.79 bits per heavy atom. The predicted molar refractivity (Wildman–Crippen MR) is 171 cm³/mol. The molecule has 0 aliphatic carbocycles. The molecule has 0 saturated carbocycles. The third kappa shape index (κ3) is 6.51. The molecule has 1 fully saturated rings. The third-order valence-electron chi connectivity index (χ3n) is 8.01. The van der Waals surface area contributed by atoms with E-state index in [2.05, 4.69) is 44.3 Å². The Kier molecular flexibility index (Phi) is 8.31. The molecule has 3 aromatic carbocycles. The Morgan fingerprint density at radius 1 is 0.977 bits per heavy atom. The number of nitrogens with one attached hydrogen (secondary N) is 2. The van der Waals surface area contributed by atoms with Crippen LogP contribution in [0.5, 0.6) is 5.88 Å². The maximum atomic E-state index is 13.3. The van der Waals surface area contributed by atoms with Crippen molar-refractivity contribution in [2.45, 2.75) is 19.5 Å². The second-order valence-electron chi connectivity index (χ2n) is 11.2. The third-order valence-corrected chi connectivity index (χ3v) is 8.01. The molecule has 43 heavy (non-hydrogen) atoms. The highest BCUT2D eigenvalue weighted by Crippen LogP contribution is 2.32. The summed E-state index contributed by atoms with van der Waals surface area (Å²) in [6, 6.07) is 27.1. The van der Waals surface area contributed by atoms with E-state index in [1.165, 1.54) is 5.56 Å². The zero-order valence-corrected chi connectivity index (χ0v) is 24.5. The molecule has 8 nitrogen and oxygen atoms in total. The van der Waals surface area contributed by atoms with E-state index in [9.17, 15) is 9.90 Å². The van der Waals surface area contributed by atoms with Crippen molar-refractivity contribution in [2.24, 2.45) is 4.99 Å². The number of fused-ring (bicyclic) bond motifs is 1. The number of aromatic hydroxyl groups is 1. The van der Waals surface area contributed by atoms with Gasteiger partial charge < -0.3 is 20.3 Å². The fraction of sp³-hybridized carbons (Fsp3) is 0.229. The molecule has 0 bridgehead atoms. The number of hydrogen-bond donors (Lipinski definition) is 3. The molecule has 1 saturated heterocycles. The number of piperazine rings is 1. The van der Waals surface area contributed by atoms with Gasteiger partial charge in [-0.05, 0) is 67.6 Å². The lowest BCUT2D eigenvalue weighted by Gasteiger charge is -2.32. The topological polar surface area (TPSA) is 96.8 Å². The van der Waals surface area contributed by atoms with Crippen molar-refractivity contribution in [2.75, 3.05) is 33.2 Å². The average molecular weight is 573 g/mol. The summed E-state index contributed by atoms with van der Waals surface area (Å²) in [7, 11) is 2.16. The molecule has 1 amide bonds. The van der Waals surface area contributed by atoms with Crippen LogP contribution in [0, 0.1) is 0 Å². The van der Waals surface area contributed by atoms with E-state index in [0.717, 1.165) is 49.5 Å². The van der Waals surface area contributed by atoms with E-state index in [4.69, 9.17) is 4.99 Å². The largest absolute Gasteiger partial charge is 0.494 e. The van der Waals surface area contributed by atoms with Crippen molar-refractivity contribution in [1.82, 2.24) is 25.1 Å². The van der Waals surface area contributed by atoms with Gasteiger partial charge in [0.1, 0.15) is 0 Å². The summed E-state index contributed by atoms with van der Waals surface area (Å²) in [4.78, 5) is 30.6. The molecule has 8 heteroatoms. The molecule has 1 aliphatic rings. The normalized spacial score (nSPS) is 15.4. The highest BCUT2D eigenvalue weighted by molar-refractivity contribution is 6.22. The second-order valence-corrected chi connectivity index (χ2v) is 11.2. The Balaban J connectivity index is 1.36. The van der Waals surface area contributed by atoms with Crippen LogP contribution in [0.1, 0.15) is 45.6 Å². The van der Waals surface area contributed by atoms with Gasteiger partial charge in [-0.3, -0.25) is 14.7 Å². The van der Waals surface area contributed by atoms with Crippen LogP contribution < -0.4 is 5.32 Å². The lowest BCUT2D eigenvalue weighted by Crippen LogP contribution is -2.43. The predicted octanol–water partition coefficient (Wildman–Crippen LogP) is 5.68. The number of carbonyl (C=O) groups is 1. The molecule has 6 rings (SSSR count). The van der Waals surface area contributed by atoms with E-state index < -0.39 is 0 Å². The summed E-state index contributed by atoms with van der Waals surface area (Å²) in [5.74, 6) is -0.206. The van der Waals surface area contributed by atoms with Crippen LogP contribution in [-0.4, -0.2) is 69.7 Å². The highest BCUT2D eigenvalue weighted by Gasteiger charge is 2.21. The Labute approximate surface area is 251 Å². The molecule has 2 aromatic heterocycles. The summed E-state index contributed by atoms with van der Waals surface area (Å²) in [5.41, 5.74) is 6.06. The van der Waals surface area contributed by atoms with Gasteiger partial charge in [0, 0.05) is 67.1 Å². The van der Waals surface area contributed by atoms with Gasteiger partial charge in [0.15, 0.2) is 5.88 Å². The molecule has 3 N–H and O–H groups in total. The van der Waals surface area contributed by atoms with Crippen LogP contribution in [0.25, 0.3) is 10.9 Å². The summed E-state index contributed by atoms with van der Waals surface area (Å²) in [5, 5.41) is 15.0. The minimum Gasteiger partial charge on any atom is -0.494 e. The van der Waals surface area contributed by atoms with Crippen molar-refractivity contribution < 1.29 is 9.90 Å². The monoisotopic (exact) mass is 572 g/mol. The zero-order chi connectivity index (χ0) is 29.8. The van der Waals surface area contributed by atoms with Crippen LogP contribution in [0.2, 0.25) is 0 Å². The van der Waals surface area contributed by atoms with Crippen LogP contribution in [-0.2, 0) is 6.54 Å². The van der Waals surface area contributed by atoms with Gasteiger partial charge in [0.2, 0.25) is 0 Å². The smallest absolute Gasteiger partial charge is 0.251 e. The molecule has 1 atom stereocenters. The number of nitrogens with zero attached hydrogens (tertiary/aromatic N) is 4. The van der Waals surface area contributed by atoms with E-state index in [0.29, 0.717) is 27.7 Å². The van der Waals surface area contributed by atoms with Gasteiger partial charge >= 0.3 is 0 Å². The standard InChI is InChI=1S/C35H36N6O2/c1-24(26-9-4-3-5-10-26)37-34(42)27-13-14-31-30(21-27)32(35(43)39-31)33(28-11-7-15-36-22-28)38-29-12-6-8-25(20-29)23-41-18-16-40(2)17-19-41/h3-15,20-22,24,39,43H,16-19,23H2,1-2H3,(H,37,42)/t24-/m1/s1. The van der Waals surface area contributed by atoms with Crippen molar-refractivity contribution in [3.63, 3.8) is 0 Å². The van der Waals surface area contributed by atoms with Crippen LogP contribution in [0.4, 0.5) is 5.69 Å². The van der Waals surface area contributed by atoms with Crippen LogP contribution in [0.15, 0.2) is 102 Å². The van der Waals surface area contributed by atoms with Crippen molar-refractivity contribution in [3.05, 3.63) is 125 Å². The molecule has 0 spiro atoms. The first-order chi connectivity index (χ1) is 20.9. The highest BCUT2D eigenvalue weighted by atomic mass is 16.3. The van der Waals surface area contributed by atoms with E-state index in [1.807, 2.05) is 73.7 Å². The lowest BCUT2D eigenvalue weighted by molar-refractivity contribution is 0.0940. The maximum absolute atomic E-state index is 13.3. The van der Waals surface area contributed by atoms with Crippen molar-refractivity contribution in [3.8, 4) is 5.88 Å². The van der Waals surface area contributed by atoms with Gasteiger partial charge in [-0.25, -0.2) is 4.99 Å². The number of hydrogen-bond acceptors (Lipinski definition) is 6. The Bertz CT molecular complexity index is 1740. The summed E-state index contributed by atoms with van der Waals surface area (Å²) in [6.07, 6.45) is 3.45. The number of likely N-dealkylation sites (N-methyl/N-ethyl adjacent to an activating group) is 1. The van der Waals surface area contributed by atoms with Gasteiger partial charge in [-0.15, -0.1) is 0 Å². The fourth-order valence-electron chi connectivity index (χ4n) is 5.55. The Hall–Kier alpha value is -4.79. The number of carbonyl (C=O) groups excluding carboxylic acids is 1. The maximum Gasteiger partial charge on any atom is 0.251 e. The number of rotatable bonds is 8. The molecule has 5 aromatic rings. The number of aliphatic imine (C=N–C) groups is 1. The van der Waals surface area contributed by atoms with Gasteiger partial charge in [-0.1, -0.05) is 42.5 Å². The number of benzene rings is 3. The molecule has 3 heterocycles. The summed E-state index contributed by atoms with van der Waals surface area (Å²) >= 11 is 0. The minimum absolute atomic E-state index is 0.0126. The van der Waals surface area contributed by atoms with E-state index in [-0.39, 0.29) is 17.8 Å². The number of pyridine rings is 1. The molecule has 0 unspecified atom stereocenters. The van der Waals surface area contributed by atoms with Crippen molar-refractivity contribution >= 4 is 28.2 Å². The lowest BCUT2D eigenvalue weighted by atomic mass is 10.0. The minimum atomic E-state index is -0.193. The first kappa shape index (κ1) is 28.3. The number of H-pyrrole nitrogens is 1. The number of amides is 1. The molecular formula is C35H36N6O2. The van der Waals surface area contributed by atoms with E-state index >= 15 is 0 Å². The van der Waals surface area contributed by atoms with Gasteiger partial charge in [-0.2, -0.15) is 0 Å². The SMILES string of the molecule is C[C@@H](NC(=O)c1ccc2[nH]c(O)c(C(=Nc3cccc(CN4CCN(C)CC4)c3)c3cccnc3)c2c1)c1ccccc1. The van der Waals surface area contributed by atoms with Crippen molar-refractivity contribution in [1.29, 1.82) is 0 Å². The average Bonchev–Trinajstić information content (AvgIpc) is 3.36. The molecular weight excluding hydrogens is 536 g/mol. The molecule has 0 radical (unpaired) electrons. The van der Waals surface area contributed by atoms with Gasteiger partial charge in [0.05, 0.1) is 23.0 Å². The fourth-order valence-corrected chi connectivity index (χ4v) is 5.55.